The highest BCUT2D eigenvalue weighted by atomic mass is 35.7. The molecular weight excluding hydrogens is 183 g/mol. The average Bonchev–Trinajstić information content (AvgIpc) is 1.53. The second kappa shape index (κ2) is 4.46. The molecule has 0 amide bonds. The van der Waals surface area contributed by atoms with Gasteiger partial charge in [-0.3, -0.25) is 4.57 Å². The van der Waals surface area contributed by atoms with Crippen molar-refractivity contribution >= 4 is 18.0 Å². The lowest BCUT2D eigenvalue weighted by molar-refractivity contribution is 0.548. The van der Waals surface area contributed by atoms with Crippen LogP contribution in [0.5, 0.6) is 0 Å². The van der Waals surface area contributed by atoms with Crippen molar-refractivity contribution in [2.24, 2.45) is 0 Å². The summed E-state index contributed by atoms with van der Waals surface area (Å²) in [6.07, 6.45) is 0. The first-order valence-electron chi connectivity index (χ1n) is 3.69. The van der Waals surface area contributed by atoms with Gasteiger partial charge < -0.3 is 0 Å². The first-order valence-corrected chi connectivity index (χ1v) is 6.30. The van der Waals surface area contributed by atoms with E-state index in [0.29, 0.717) is 0 Å². The first-order chi connectivity index (χ1) is 4.83. The minimum atomic E-state index is -2.83. The molecule has 68 valence electrons. The van der Waals surface area contributed by atoms with Gasteiger partial charge in [0.15, 0.2) is 0 Å². The van der Waals surface area contributed by atoms with Crippen LogP contribution in [0.25, 0.3) is 0 Å². The summed E-state index contributed by atoms with van der Waals surface area (Å²) in [5.41, 5.74) is 0. The van der Waals surface area contributed by atoms with Crippen LogP contribution >= 0.6 is 18.0 Å². The molecule has 0 aromatic carbocycles. The molecule has 0 saturated heterocycles. The van der Waals surface area contributed by atoms with Gasteiger partial charge in [-0.25, -0.2) is 10.2 Å². The number of hydrogen-bond acceptors (Lipinski definition) is 1. The van der Waals surface area contributed by atoms with E-state index in [9.17, 15) is 4.57 Å². The zero-order chi connectivity index (χ0) is 9.07. The van der Waals surface area contributed by atoms with Gasteiger partial charge in [0.25, 0.3) is 6.80 Å². The first kappa shape index (κ1) is 11.4. The van der Waals surface area contributed by atoms with Gasteiger partial charge in [-0.15, -0.1) is 0 Å². The highest BCUT2D eigenvalue weighted by Crippen LogP contribution is 2.42. The molecule has 0 unspecified atom stereocenters. The number of hydrogen-bond donors (Lipinski definition) is 2. The molecule has 0 saturated carbocycles. The molecule has 0 aliphatic carbocycles. The summed E-state index contributed by atoms with van der Waals surface area (Å²) in [5.74, 6) is 0. The molecule has 0 rings (SSSR count). The molecule has 0 spiro atoms. The Morgan fingerprint density at radius 2 is 1.36 bits per heavy atom. The predicted octanol–water partition coefficient (Wildman–Crippen LogP) is 2.33. The van der Waals surface area contributed by atoms with Crippen molar-refractivity contribution in [3.05, 3.63) is 0 Å². The monoisotopic (exact) mass is 198 g/mol. The summed E-state index contributed by atoms with van der Waals surface area (Å²) in [5, 5.41) is 5.52. The molecule has 5 heteroatoms. The minimum Gasteiger partial charge on any atom is -0.271 e. The van der Waals surface area contributed by atoms with Crippen molar-refractivity contribution in [2.75, 3.05) is 0 Å². The largest absolute Gasteiger partial charge is 0.299 e. The van der Waals surface area contributed by atoms with E-state index in [1.54, 1.807) is 0 Å². The summed E-state index contributed by atoms with van der Waals surface area (Å²) in [6, 6.07) is 0.258. The van der Waals surface area contributed by atoms with E-state index < -0.39 is 6.80 Å². The van der Waals surface area contributed by atoms with Crippen molar-refractivity contribution in [3.63, 3.8) is 0 Å². The van der Waals surface area contributed by atoms with Crippen LogP contribution in [-0.2, 0) is 4.57 Å². The van der Waals surface area contributed by atoms with Gasteiger partial charge in [0.2, 0.25) is 0 Å². The zero-order valence-electron chi connectivity index (χ0n) is 7.39. The third-order valence-corrected chi connectivity index (χ3v) is 3.13. The molecule has 3 nitrogen and oxygen atoms in total. The van der Waals surface area contributed by atoms with Crippen molar-refractivity contribution in [3.8, 4) is 0 Å². The van der Waals surface area contributed by atoms with E-state index in [0.717, 1.165) is 0 Å². The Bertz CT molecular complexity index is 147. The van der Waals surface area contributed by atoms with Crippen LogP contribution in [0.1, 0.15) is 27.7 Å². The van der Waals surface area contributed by atoms with Crippen LogP contribution < -0.4 is 10.2 Å². The van der Waals surface area contributed by atoms with Gasteiger partial charge in [0.1, 0.15) is 0 Å². The lowest BCUT2D eigenvalue weighted by Gasteiger charge is -2.18. The molecule has 2 N–H and O–H groups in total. The molecule has 11 heavy (non-hydrogen) atoms. The van der Waals surface area contributed by atoms with Gasteiger partial charge in [-0.2, -0.15) is 0 Å². The second-order valence-electron chi connectivity index (χ2n) is 3.10. The molecule has 0 aromatic rings. The molecule has 0 bridgehead atoms. The van der Waals surface area contributed by atoms with Gasteiger partial charge in [0, 0.05) is 12.1 Å². The van der Waals surface area contributed by atoms with Crippen LogP contribution in [-0.4, -0.2) is 12.1 Å². The van der Waals surface area contributed by atoms with Crippen LogP contribution in [0.15, 0.2) is 0 Å². The molecule has 0 heterocycles. The Morgan fingerprint density at radius 3 is 1.55 bits per heavy atom. The molecule has 0 radical (unpaired) electrons. The average molecular weight is 199 g/mol. The van der Waals surface area contributed by atoms with Crippen LogP contribution in [0, 0.1) is 0 Å². The third-order valence-electron chi connectivity index (χ3n) is 0.848. The summed E-state index contributed by atoms with van der Waals surface area (Å²) in [6.45, 7) is 4.77. The Hall–Kier alpha value is 0.440. The van der Waals surface area contributed by atoms with Crippen LogP contribution in [0.2, 0.25) is 0 Å². The van der Waals surface area contributed by atoms with E-state index in [2.05, 4.69) is 10.2 Å². The fourth-order valence-electron chi connectivity index (χ4n) is 0.701. The van der Waals surface area contributed by atoms with Gasteiger partial charge in [-0.1, -0.05) is 0 Å². The highest BCUT2D eigenvalue weighted by molar-refractivity contribution is 7.86. The molecule has 0 atom stereocenters. The Morgan fingerprint density at radius 1 is 1.09 bits per heavy atom. The molecule has 0 aliphatic rings. The maximum atomic E-state index is 11.4. The quantitative estimate of drug-likeness (QED) is 0.682. The third kappa shape index (κ3) is 6.82. The van der Waals surface area contributed by atoms with Crippen molar-refractivity contribution in [1.82, 2.24) is 10.2 Å². The highest BCUT2D eigenvalue weighted by Gasteiger charge is 2.19. The number of nitrogens with one attached hydrogen (secondary N) is 2. The summed E-state index contributed by atoms with van der Waals surface area (Å²) >= 11 is 5.66. The van der Waals surface area contributed by atoms with E-state index in [-0.39, 0.29) is 12.1 Å². The minimum absolute atomic E-state index is 0.129. The van der Waals surface area contributed by atoms with E-state index >= 15 is 0 Å². The van der Waals surface area contributed by atoms with Gasteiger partial charge >= 0.3 is 0 Å². The van der Waals surface area contributed by atoms with E-state index in [4.69, 9.17) is 11.2 Å². The molecule has 0 aliphatic heterocycles. The molecular formula is C6H16ClN2OP. The zero-order valence-corrected chi connectivity index (χ0v) is 9.04. The van der Waals surface area contributed by atoms with Gasteiger partial charge in [-0.05, 0) is 38.9 Å². The smallest absolute Gasteiger partial charge is 0.271 e. The fourth-order valence-corrected chi connectivity index (χ4v) is 3.28. The second-order valence-corrected chi connectivity index (χ2v) is 6.11. The van der Waals surface area contributed by atoms with Crippen molar-refractivity contribution in [1.29, 1.82) is 0 Å². The SMILES string of the molecule is CC(C)NP(=O)(Cl)NC(C)C. The van der Waals surface area contributed by atoms with E-state index in [1.807, 2.05) is 27.7 Å². The fraction of sp³-hybridized carbons (Fsp3) is 1.00. The number of rotatable bonds is 4. The summed E-state index contributed by atoms with van der Waals surface area (Å²) < 4.78 is 11.4. The van der Waals surface area contributed by atoms with Crippen LogP contribution in [0.3, 0.4) is 0 Å². The van der Waals surface area contributed by atoms with Crippen LogP contribution in [0.4, 0.5) is 0 Å². The van der Waals surface area contributed by atoms with Crippen molar-refractivity contribution < 1.29 is 4.57 Å². The predicted molar refractivity (Wildman–Crippen MR) is 50.0 cm³/mol. The topological polar surface area (TPSA) is 41.1 Å². The Labute approximate surface area is 73.2 Å². The van der Waals surface area contributed by atoms with Gasteiger partial charge in [0.05, 0.1) is 0 Å². The normalized spacial score (nSPS) is 13.0. The Balaban J connectivity index is 3.91. The lowest BCUT2D eigenvalue weighted by atomic mass is 10.4. The summed E-state index contributed by atoms with van der Waals surface area (Å²) in [4.78, 5) is 0. The van der Waals surface area contributed by atoms with E-state index in [1.165, 1.54) is 0 Å². The lowest BCUT2D eigenvalue weighted by Crippen LogP contribution is -2.28. The molecule has 0 fully saturated rings. The summed E-state index contributed by atoms with van der Waals surface area (Å²) in [7, 11) is 0. The molecule has 0 aromatic heterocycles. The van der Waals surface area contributed by atoms with Crippen molar-refractivity contribution in [2.45, 2.75) is 39.8 Å². The Kier molecular flexibility index (Phi) is 4.64. The maximum absolute atomic E-state index is 11.4. The number of halogens is 1. The maximum Gasteiger partial charge on any atom is 0.299 e. The standard InChI is InChI=1S/C6H16ClN2OP/c1-5(2)8-11(7,10)9-6(3)4/h5-6H,1-4H3,(H2,8,9,10).